The van der Waals surface area contributed by atoms with E-state index >= 15 is 0 Å². The van der Waals surface area contributed by atoms with E-state index < -0.39 is 17.6 Å². The van der Waals surface area contributed by atoms with Crippen molar-refractivity contribution in [2.45, 2.75) is 19.6 Å². The minimum atomic E-state index is -4.54. The van der Waals surface area contributed by atoms with Crippen molar-refractivity contribution in [2.75, 3.05) is 44.3 Å². The lowest BCUT2D eigenvalue weighted by molar-refractivity contribution is -0.138. The van der Waals surface area contributed by atoms with Gasteiger partial charge in [0.1, 0.15) is 0 Å². The van der Waals surface area contributed by atoms with Crippen LogP contribution in [0, 0.1) is 18.8 Å². The Labute approximate surface area is 236 Å². The van der Waals surface area contributed by atoms with Gasteiger partial charge >= 0.3 is 6.18 Å². The van der Waals surface area contributed by atoms with Gasteiger partial charge in [0.2, 0.25) is 5.95 Å². The molecule has 1 fully saturated rings. The van der Waals surface area contributed by atoms with Crippen LogP contribution in [0.2, 0.25) is 0 Å². The SMILES string of the molecule is Cc1ccc(C(=O)Nc2cccc(C(F)(F)F)c2CN2CCN(C)CC2)cc1C#Cc1ccc2c(c1)nc(N)n2C. The first-order valence-electron chi connectivity index (χ1n) is 13.3. The fourth-order valence-corrected chi connectivity index (χ4v) is 4.90. The van der Waals surface area contributed by atoms with Crippen molar-refractivity contribution in [1.29, 1.82) is 0 Å². The Morgan fingerprint density at radius 1 is 1.02 bits per heavy atom. The molecule has 0 radical (unpaired) electrons. The lowest BCUT2D eigenvalue weighted by atomic mass is 10.0. The molecule has 5 rings (SSSR count). The quantitative estimate of drug-likeness (QED) is 0.348. The first-order valence-corrected chi connectivity index (χ1v) is 13.3. The molecule has 0 aliphatic carbocycles. The van der Waals surface area contributed by atoms with Crippen molar-refractivity contribution >= 4 is 28.6 Å². The Hall–Kier alpha value is -4.33. The van der Waals surface area contributed by atoms with Crippen molar-refractivity contribution in [3.63, 3.8) is 0 Å². The molecule has 0 spiro atoms. The van der Waals surface area contributed by atoms with Crippen LogP contribution >= 0.6 is 0 Å². The van der Waals surface area contributed by atoms with E-state index in [0.29, 0.717) is 30.2 Å². The average molecular weight is 561 g/mol. The van der Waals surface area contributed by atoms with Gasteiger partial charge in [-0.3, -0.25) is 9.69 Å². The van der Waals surface area contributed by atoms with Gasteiger partial charge in [0.25, 0.3) is 5.91 Å². The van der Waals surface area contributed by atoms with Crippen molar-refractivity contribution in [1.82, 2.24) is 19.4 Å². The predicted molar refractivity (Wildman–Crippen MR) is 154 cm³/mol. The van der Waals surface area contributed by atoms with Crippen LogP contribution in [0.3, 0.4) is 0 Å². The number of carbonyl (C=O) groups excluding carboxylic acids is 1. The highest BCUT2D eigenvalue weighted by Crippen LogP contribution is 2.36. The third-order valence-corrected chi connectivity index (χ3v) is 7.46. The van der Waals surface area contributed by atoms with E-state index in [0.717, 1.165) is 41.3 Å². The third kappa shape index (κ3) is 6.21. The summed E-state index contributed by atoms with van der Waals surface area (Å²) in [5.41, 5.74) is 9.55. The normalized spacial score (nSPS) is 14.6. The standard InChI is InChI=1S/C31H31F3N6O/c1-20-7-10-23(18-22(20)11-8-21-9-12-28-27(17-21)37-30(35)39(28)3)29(41)36-26-6-4-5-25(31(32,33)34)24(26)19-40-15-13-38(2)14-16-40/h4-7,9-10,12,17-18H,13-16,19H2,1-3H3,(H2,35,37)(H,36,41). The Kier molecular flexibility index (Phi) is 7.76. The predicted octanol–water partition coefficient (Wildman–Crippen LogP) is 4.88. The number of benzene rings is 3. The number of amides is 1. The highest BCUT2D eigenvalue weighted by atomic mass is 19.4. The largest absolute Gasteiger partial charge is 0.416 e. The van der Waals surface area contributed by atoms with Crippen molar-refractivity contribution in [3.8, 4) is 11.8 Å². The first kappa shape index (κ1) is 28.2. The van der Waals surface area contributed by atoms with Gasteiger partial charge in [-0.05, 0) is 62.0 Å². The molecule has 0 atom stereocenters. The molecule has 41 heavy (non-hydrogen) atoms. The number of alkyl halides is 3. The van der Waals surface area contributed by atoms with Crippen LogP contribution < -0.4 is 11.1 Å². The number of piperazine rings is 1. The monoisotopic (exact) mass is 560 g/mol. The van der Waals surface area contributed by atoms with E-state index in [4.69, 9.17) is 5.73 Å². The molecule has 3 aromatic carbocycles. The summed E-state index contributed by atoms with van der Waals surface area (Å²) in [6.45, 7) is 4.82. The number of anilines is 2. The summed E-state index contributed by atoms with van der Waals surface area (Å²) >= 11 is 0. The van der Waals surface area contributed by atoms with Crippen molar-refractivity contribution < 1.29 is 18.0 Å². The van der Waals surface area contributed by atoms with Crippen LogP contribution in [0.15, 0.2) is 54.6 Å². The van der Waals surface area contributed by atoms with Gasteiger partial charge in [0.15, 0.2) is 0 Å². The van der Waals surface area contributed by atoms with Crippen LogP contribution in [0.1, 0.15) is 38.2 Å². The lowest BCUT2D eigenvalue weighted by Crippen LogP contribution is -2.44. The fourth-order valence-electron chi connectivity index (χ4n) is 4.90. The second-order valence-corrected chi connectivity index (χ2v) is 10.4. The van der Waals surface area contributed by atoms with E-state index in [1.165, 1.54) is 12.1 Å². The zero-order chi connectivity index (χ0) is 29.3. The molecule has 4 aromatic rings. The summed E-state index contributed by atoms with van der Waals surface area (Å²) in [4.78, 5) is 21.8. The lowest BCUT2D eigenvalue weighted by Gasteiger charge is -2.33. The highest BCUT2D eigenvalue weighted by Gasteiger charge is 2.35. The van der Waals surface area contributed by atoms with E-state index in [-0.39, 0.29) is 17.8 Å². The van der Waals surface area contributed by atoms with E-state index in [1.807, 2.05) is 44.1 Å². The minimum Gasteiger partial charge on any atom is -0.369 e. The highest BCUT2D eigenvalue weighted by molar-refractivity contribution is 6.05. The molecule has 1 amide bonds. The number of carbonyl (C=O) groups is 1. The second kappa shape index (κ2) is 11.3. The summed E-state index contributed by atoms with van der Waals surface area (Å²) < 4.78 is 43.7. The molecule has 1 aliphatic rings. The molecule has 0 saturated carbocycles. The number of aryl methyl sites for hydroxylation is 2. The van der Waals surface area contributed by atoms with E-state index in [1.54, 1.807) is 22.8 Å². The number of nitrogens with one attached hydrogen (secondary N) is 1. The van der Waals surface area contributed by atoms with Gasteiger partial charge in [-0.1, -0.05) is 24.0 Å². The maximum Gasteiger partial charge on any atom is 0.416 e. The number of nitrogen functional groups attached to an aromatic ring is 1. The zero-order valence-electron chi connectivity index (χ0n) is 23.1. The van der Waals surface area contributed by atoms with Crippen LogP contribution in [-0.4, -0.2) is 58.5 Å². The maximum atomic E-state index is 14.0. The number of hydrogen-bond acceptors (Lipinski definition) is 5. The molecule has 1 aromatic heterocycles. The molecule has 0 unspecified atom stereocenters. The Balaban J connectivity index is 1.41. The number of rotatable bonds is 4. The van der Waals surface area contributed by atoms with Gasteiger partial charge < -0.3 is 20.5 Å². The Bertz CT molecular complexity index is 1670. The first-order chi connectivity index (χ1) is 19.5. The summed E-state index contributed by atoms with van der Waals surface area (Å²) in [5.74, 6) is 6.14. The zero-order valence-corrected chi connectivity index (χ0v) is 23.1. The third-order valence-electron chi connectivity index (χ3n) is 7.46. The van der Waals surface area contributed by atoms with Gasteiger partial charge in [0, 0.05) is 67.7 Å². The van der Waals surface area contributed by atoms with Gasteiger partial charge in [-0.25, -0.2) is 4.98 Å². The summed E-state index contributed by atoms with van der Waals surface area (Å²) in [6, 6.07) is 14.6. The van der Waals surface area contributed by atoms with Crippen LogP contribution in [0.5, 0.6) is 0 Å². The smallest absolute Gasteiger partial charge is 0.369 e. The number of aromatic nitrogens is 2. The van der Waals surface area contributed by atoms with Gasteiger partial charge in [0.05, 0.1) is 16.6 Å². The van der Waals surface area contributed by atoms with Gasteiger partial charge in [-0.2, -0.15) is 13.2 Å². The molecule has 0 bridgehead atoms. The Morgan fingerprint density at radius 3 is 2.51 bits per heavy atom. The minimum absolute atomic E-state index is 0.0654. The second-order valence-electron chi connectivity index (χ2n) is 10.4. The summed E-state index contributed by atoms with van der Waals surface area (Å²) in [5, 5.41) is 2.74. The molecular weight excluding hydrogens is 529 g/mol. The molecule has 3 N–H and O–H groups in total. The molecule has 2 heterocycles. The van der Waals surface area contributed by atoms with Crippen LogP contribution in [-0.2, 0) is 19.8 Å². The van der Waals surface area contributed by atoms with Crippen LogP contribution in [0.25, 0.3) is 11.0 Å². The Morgan fingerprint density at radius 2 is 1.78 bits per heavy atom. The number of likely N-dealkylation sites (N-methyl/N-ethyl adjacent to an activating group) is 1. The van der Waals surface area contributed by atoms with E-state index in [2.05, 4.69) is 27.0 Å². The average Bonchev–Trinajstić information content (AvgIpc) is 3.22. The molecule has 1 saturated heterocycles. The number of imidazole rings is 1. The fraction of sp³-hybridized carbons (Fsp3) is 0.290. The maximum absolute atomic E-state index is 14.0. The molecule has 7 nitrogen and oxygen atoms in total. The number of nitrogens with two attached hydrogens (primary N) is 1. The van der Waals surface area contributed by atoms with Crippen molar-refractivity contribution in [2.24, 2.45) is 7.05 Å². The van der Waals surface area contributed by atoms with Gasteiger partial charge in [-0.15, -0.1) is 0 Å². The number of hydrogen-bond donors (Lipinski definition) is 2. The number of fused-ring (bicyclic) bond motifs is 1. The van der Waals surface area contributed by atoms with E-state index in [9.17, 15) is 18.0 Å². The van der Waals surface area contributed by atoms with Crippen molar-refractivity contribution in [3.05, 3.63) is 88.0 Å². The summed E-state index contributed by atoms with van der Waals surface area (Å²) in [6.07, 6.45) is -4.54. The molecular formula is C31H31F3N6O. The molecule has 10 heteroatoms. The topological polar surface area (TPSA) is 79.4 Å². The number of nitrogens with zero attached hydrogens (tertiary/aromatic N) is 4. The molecule has 1 aliphatic heterocycles. The number of halogens is 3. The van der Waals surface area contributed by atoms with Crippen LogP contribution in [0.4, 0.5) is 24.8 Å². The molecule has 212 valence electrons. The summed E-state index contributed by atoms with van der Waals surface area (Å²) in [7, 11) is 3.83.